The van der Waals surface area contributed by atoms with Crippen LogP contribution in [-0.4, -0.2) is 54.5 Å². The number of carboxylic acids is 1. The first-order valence-electron chi connectivity index (χ1n) is 5.39. The van der Waals surface area contributed by atoms with Crippen molar-refractivity contribution < 1.29 is 24.2 Å². The van der Waals surface area contributed by atoms with Crippen LogP contribution < -0.4 is 0 Å². The van der Waals surface area contributed by atoms with Crippen LogP contribution in [0.5, 0.6) is 0 Å². The number of hydrogen-bond donors (Lipinski definition) is 1. The largest absolute Gasteiger partial charge is 0.480 e. The number of hydrogen-bond acceptors (Lipinski definition) is 4. The molecule has 0 aromatic rings. The first kappa shape index (κ1) is 13.5. The minimum Gasteiger partial charge on any atom is -0.480 e. The summed E-state index contributed by atoms with van der Waals surface area (Å²) in [7, 11) is 1.52. The molecule has 1 N–H and O–H groups in total. The number of ether oxygens (including phenoxy) is 2. The van der Waals surface area contributed by atoms with Crippen molar-refractivity contribution in [3.05, 3.63) is 12.7 Å². The van der Waals surface area contributed by atoms with Crippen molar-refractivity contribution in [1.29, 1.82) is 0 Å². The molecule has 1 amide bonds. The summed E-state index contributed by atoms with van der Waals surface area (Å²) >= 11 is 0. The lowest BCUT2D eigenvalue weighted by Gasteiger charge is -2.26. The Kier molecular flexibility index (Phi) is 4.96. The van der Waals surface area contributed by atoms with Crippen molar-refractivity contribution in [2.24, 2.45) is 0 Å². The molecule has 1 fully saturated rings. The molecule has 0 aromatic heterocycles. The van der Waals surface area contributed by atoms with E-state index in [1.54, 1.807) is 0 Å². The van der Waals surface area contributed by atoms with Gasteiger partial charge in [-0.2, -0.15) is 0 Å². The van der Waals surface area contributed by atoms with Gasteiger partial charge in [0.15, 0.2) is 0 Å². The molecule has 6 nitrogen and oxygen atoms in total. The number of nitrogens with zero attached hydrogens (tertiary/aromatic N) is 1. The molecule has 1 aliphatic heterocycles. The third kappa shape index (κ3) is 3.20. The van der Waals surface area contributed by atoms with Crippen LogP contribution >= 0.6 is 0 Å². The quantitative estimate of drug-likeness (QED) is 0.725. The lowest BCUT2D eigenvalue weighted by atomic mass is 10.2. The summed E-state index contributed by atoms with van der Waals surface area (Å²) in [6, 6.07) is -1.06. The molecule has 1 aliphatic rings. The van der Waals surface area contributed by atoms with Gasteiger partial charge in [-0.05, 0) is 12.8 Å². The maximum Gasteiger partial charge on any atom is 0.411 e. The molecule has 0 saturated carbocycles. The predicted molar refractivity (Wildman–Crippen MR) is 59.7 cm³/mol. The molecule has 1 saturated heterocycles. The van der Waals surface area contributed by atoms with Gasteiger partial charge in [0.05, 0.1) is 12.6 Å². The molecular formula is C11H17NO5. The molecular weight excluding hydrogens is 226 g/mol. The van der Waals surface area contributed by atoms with E-state index in [4.69, 9.17) is 14.6 Å². The number of carbonyl (C=O) groups excluding carboxylic acids is 1. The predicted octanol–water partition coefficient (Wildman–Crippen LogP) is 0.873. The summed E-state index contributed by atoms with van der Waals surface area (Å²) in [6.07, 6.45) is 1.84. The monoisotopic (exact) mass is 243 g/mol. The first-order valence-corrected chi connectivity index (χ1v) is 5.39. The zero-order valence-corrected chi connectivity index (χ0v) is 9.80. The Morgan fingerprint density at radius 1 is 1.53 bits per heavy atom. The Morgan fingerprint density at radius 2 is 2.24 bits per heavy atom. The maximum atomic E-state index is 11.7. The standard InChI is InChI=1S/C11H17NO5/c1-3-6-17-11(15)12-8(7-16-2)4-5-9(12)10(13)14/h3,8-9H,1,4-7H2,2H3,(H,13,14)/t8-,9+/m0/s1. The SMILES string of the molecule is C=CCOC(=O)N1[C@H](COC)CC[C@@H]1C(=O)O. The Hall–Kier alpha value is -1.56. The summed E-state index contributed by atoms with van der Waals surface area (Å²) in [4.78, 5) is 24.0. The topological polar surface area (TPSA) is 76.1 Å². The number of rotatable bonds is 5. The highest BCUT2D eigenvalue weighted by Crippen LogP contribution is 2.25. The van der Waals surface area contributed by atoms with Gasteiger partial charge < -0.3 is 14.6 Å². The van der Waals surface area contributed by atoms with Crippen molar-refractivity contribution >= 4 is 12.1 Å². The molecule has 0 radical (unpaired) electrons. The van der Waals surface area contributed by atoms with Crippen LogP contribution in [0.3, 0.4) is 0 Å². The van der Waals surface area contributed by atoms with Crippen LogP contribution in [0.25, 0.3) is 0 Å². The van der Waals surface area contributed by atoms with Crippen molar-refractivity contribution in [3.63, 3.8) is 0 Å². The van der Waals surface area contributed by atoms with E-state index in [0.29, 0.717) is 19.4 Å². The second kappa shape index (κ2) is 6.24. The normalized spacial score (nSPS) is 23.5. The van der Waals surface area contributed by atoms with E-state index in [0.717, 1.165) is 0 Å². The molecule has 0 aromatic carbocycles. The molecule has 17 heavy (non-hydrogen) atoms. The van der Waals surface area contributed by atoms with Gasteiger partial charge in [-0.25, -0.2) is 9.59 Å². The highest BCUT2D eigenvalue weighted by atomic mass is 16.6. The molecule has 0 spiro atoms. The number of amides is 1. The van der Waals surface area contributed by atoms with Gasteiger partial charge in [-0.3, -0.25) is 4.90 Å². The van der Waals surface area contributed by atoms with Gasteiger partial charge in [-0.1, -0.05) is 12.7 Å². The molecule has 1 heterocycles. The number of carbonyl (C=O) groups is 2. The Balaban J connectivity index is 2.73. The fourth-order valence-corrected chi connectivity index (χ4v) is 1.96. The maximum absolute atomic E-state index is 11.7. The van der Waals surface area contributed by atoms with Gasteiger partial charge in [0.25, 0.3) is 0 Å². The van der Waals surface area contributed by atoms with Crippen LogP contribution in [0.4, 0.5) is 4.79 Å². The number of aliphatic carboxylic acids is 1. The molecule has 0 bridgehead atoms. The van der Waals surface area contributed by atoms with Gasteiger partial charge in [0, 0.05) is 7.11 Å². The summed E-state index contributed by atoms with van der Waals surface area (Å²) in [5.41, 5.74) is 0. The van der Waals surface area contributed by atoms with Gasteiger partial charge >= 0.3 is 12.1 Å². The van der Waals surface area contributed by atoms with Crippen molar-refractivity contribution in [3.8, 4) is 0 Å². The lowest BCUT2D eigenvalue weighted by molar-refractivity contribution is -0.142. The summed E-state index contributed by atoms with van der Waals surface area (Å²) in [5, 5.41) is 9.03. The van der Waals surface area contributed by atoms with Gasteiger partial charge in [-0.15, -0.1) is 0 Å². The molecule has 1 rings (SSSR count). The second-order valence-electron chi connectivity index (χ2n) is 3.81. The van der Waals surface area contributed by atoms with Crippen molar-refractivity contribution in [1.82, 2.24) is 4.90 Å². The highest BCUT2D eigenvalue weighted by Gasteiger charge is 2.41. The van der Waals surface area contributed by atoms with E-state index < -0.39 is 18.1 Å². The van der Waals surface area contributed by atoms with E-state index in [2.05, 4.69) is 6.58 Å². The summed E-state index contributed by atoms with van der Waals surface area (Å²) in [5.74, 6) is -1.01. The molecule has 0 unspecified atom stereocenters. The molecule has 96 valence electrons. The lowest BCUT2D eigenvalue weighted by Crippen LogP contribution is -2.46. The van der Waals surface area contributed by atoms with Crippen LogP contribution in [0.1, 0.15) is 12.8 Å². The minimum absolute atomic E-state index is 0.0708. The van der Waals surface area contributed by atoms with E-state index in [-0.39, 0.29) is 12.6 Å². The van der Waals surface area contributed by atoms with Crippen LogP contribution in [0, 0.1) is 0 Å². The molecule has 6 heteroatoms. The second-order valence-corrected chi connectivity index (χ2v) is 3.81. The van der Waals surface area contributed by atoms with E-state index >= 15 is 0 Å². The average molecular weight is 243 g/mol. The Morgan fingerprint density at radius 3 is 2.76 bits per heavy atom. The number of carboxylic acid groups (broad SMARTS) is 1. The summed E-state index contributed by atoms with van der Waals surface area (Å²) in [6.45, 7) is 3.82. The van der Waals surface area contributed by atoms with Gasteiger partial charge in [0.1, 0.15) is 12.6 Å². The van der Waals surface area contributed by atoms with E-state index in [1.807, 2.05) is 0 Å². The summed E-state index contributed by atoms with van der Waals surface area (Å²) < 4.78 is 9.86. The van der Waals surface area contributed by atoms with Crippen LogP contribution in [-0.2, 0) is 14.3 Å². The third-order valence-electron chi connectivity index (χ3n) is 2.68. The number of methoxy groups -OCH3 is 1. The van der Waals surface area contributed by atoms with E-state index in [1.165, 1.54) is 18.1 Å². The zero-order valence-electron chi connectivity index (χ0n) is 9.80. The third-order valence-corrected chi connectivity index (χ3v) is 2.68. The minimum atomic E-state index is -1.01. The average Bonchev–Trinajstić information content (AvgIpc) is 2.70. The number of likely N-dealkylation sites (tertiary alicyclic amines) is 1. The van der Waals surface area contributed by atoms with Crippen LogP contribution in [0.2, 0.25) is 0 Å². The highest BCUT2D eigenvalue weighted by molar-refractivity contribution is 5.81. The molecule has 0 aliphatic carbocycles. The fourth-order valence-electron chi connectivity index (χ4n) is 1.96. The fraction of sp³-hybridized carbons (Fsp3) is 0.636. The van der Waals surface area contributed by atoms with E-state index in [9.17, 15) is 9.59 Å². The molecule has 2 atom stereocenters. The Labute approximate surface area is 99.8 Å². The Bertz CT molecular complexity index is 304. The zero-order chi connectivity index (χ0) is 12.8. The smallest absolute Gasteiger partial charge is 0.411 e. The van der Waals surface area contributed by atoms with Crippen LogP contribution in [0.15, 0.2) is 12.7 Å². The first-order chi connectivity index (χ1) is 8.11. The van der Waals surface area contributed by atoms with Gasteiger partial charge in [0.2, 0.25) is 0 Å². The van der Waals surface area contributed by atoms with Crippen molar-refractivity contribution in [2.45, 2.75) is 24.9 Å². The van der Waals surface area contributed by atoms with Crippen molar-refractivity contribution in [2.75, 3.05) is 20.3 Å².